The number of nitrogens with two attached hydrogens (primary N) is 1. The molecule has 0 unspecified atom stereocenters. The number of methoxy groups -OCH3 is 1. The van der Waals surface area contributed by atoms with E-state index < -0.39 is 10.0 Å². The minimum Gasteiger partial charge on any atom is -0.397 e. The molecule has 0 atom stereocenters. The summed E-state index contributed by atoms with van der Waals surface area (Å²) in [6.45, 7) is 1.24. The minimum absolute atomic E-state index is 0.0617. The maximum Gasteiger partial charge on any atom is 0.242 e. The first-order valence-corrected chi connectivity index (χ1v) is 7.95. The maximum absolute atomic E-state index is 12.2. The normalized spacial score (nSPS) is 11.9. The molecule has 7 nitrogen and oxygen atoms in total. The molecule has 120 valence electrons. The lowest BCUT2D eigenvalue weighted by molar-refractivity contribution is 0.203. The van der Waals surface area contributed by atoms with Gasteiger partial charge in [0.2, 0.25) is 10.0 Å². The van der Waals surface area contributed by atoms with E-state index in [4.69, 9.17) is 15.6 Å². The third kappa shape index (κ3) is 4.31. The van der Waals surface area contributed by atoms with E-state index in [1.54, 1.807) is 18.1 Å². The van der Waals surface area contributed by atoms with E-state index in [1.165, 1.54) is 26.2 Å². The molecule has 21 heavy (non-hydrogen) atoms. The monoisotopic (exact) mass is 317 g/mol. The third-order valence-corrected chi connectivity index (χ3v) is 4.87. The summed E-state index contributed by atoms with van der Waals surface area (Å²) in [4.78, 5) is 1.96. The Morgan fingerprint density at radius 2 is 1.95 bits per heavy atom. The van der Waals surface area contributed by atoms with Crippen LogP contribution in [-0.2, 0) is 14.8 Å². The van der Waals surface area contributed by atoms with Crippen molar-refractivity contribution in [3.63, 3.8) is 0 Å². The molecule has 1 aromatic rings. The van der Waals surface area contributed by atoms with Gasteiger partial charge in [-0.25, -0.2) is 12.7 Å². The summed E-state index contributed by atoms with van der Waals surface area (Å²) in [5, 5.41) is 9.16. The molecule has 0 fully saturated rings. The molecule has 0 aromatic heterocycles. The second kappa shape index (κ2) is 7.60. The lowest BCUT2D eigenvalue weighted by Crippen LogP contribution is -2.31. The number of hydrogen-bond acceptors (Lipinski definition) is 6. The van der Waals surface area contributed by atoms with Gasteiger partial charge in [-0.1, -0.05) is 0 Å². The van der Waals surface area contributed by atoms with E-state index in [0.29, 0.717) is 31.1 Å². The van der Waals surface area contributed by atoms with Crippen LogP contribution in [0.5, 0.6) is 0 Å². The zero-order valence-electron chi connectivity index (χ0n) is 12.6. The van der Waals surface area contributed by atoms with Crippen molar-refractivity contribution < 1.29 is 18.3 Å². The van der Waals surface area contributed by atoms with Crippen LogP contribution in [0, 0.1) is 0 Å². The van der Waals surface area contributed by atoms with E-state index in [1.807, 2.05) is 0 Å². The van der Waals surface area contributed by atoms with Crippen molar-refractivity contribution in [3.05, 3.63) is 18.2 Å². The van der Waals surface area contributed by atoms with E-state index in [2.05, 4.69) is 0 Å². The quantitative estimate of drug-likeness (QED) is 0.653. The number of nitrogen functional groups attached to an aromatic ring is 1. The SMILES string of the molecule is COCCN(CCO)c1cc(S(=O)(=O)N(C)C)ccc1N. The van der Waals surface area contributed by atoms with Crippen molar-refractivity contribution >= 4 is 21.4 Å². The topological polar surface area (TPSA) is 96.1 Å². The summed E-state index contributed by atoms with van der Waals surface area (Å²) in [5.74, 6) is 0. The summed E-state index contributed by atoms with van der Waals surface area (Å²) in [6.07, 6.45) is 0. The molecule has 8 heteroatoms. The Balaban J connectivity index is 3.22. The third-order valence-electron chi connectivity index (χ3n) is 3.06. The Bertz CT molecular complexity index is 561. The molecular weight excluding hydrogens is 294 g/mol. The van der Waals surface area contributed by atoms with Gasteiger partial charge in [0, 0.05) is 34.3 Å². The molecule has 0 aliphatic rings. The molecule has 0 saturated heterocycles. The molecule has 3 N–H and O–H groups in total. The number of nitrogens with zero attached hydrogens (tertiary/aromatic N) is 2. The zero-order chi connectivity index (χ0) is 16.0. The van der Waals surface area contributed by atoms with Crippen molar-refractivity contribution in [2.75, 3.05) is 58.1 Å². The van der Waals surface area contributed by atoms with E-state index in [9.17, 15) is 8.42 Å². The summed E-state index contributed by atoms with van der Waals surface area (Å²) < 4.78 is 30.5. The highest BCUT2D eigenvalue weighted by atomic mass is 32.2. The van der Waals surface area contributed by atoms with Gasteiger partial charge in [-0.3, -0.25) is 0 Å². The predicted molar refractivity (Wildman–Crippen MR) is 82.9 cm³/mol. The van der Waals surface area contributed by atoms with Crippen molar-refractivity contribution in [2.24, 2.45) is 0 Å². The van der Waals surface area contributed by atoms with Crippen LogP contribution in [-0.4, -0.2) is 65.3 Å². The number of rotatable bonds is 8. The summed E-state index contributed by atoms with van der Waals surface area (Å²) >= 11 is 0. The fourth-order valence-corrected chi connectivity index (χ4v) is 2.77. The summed E-state index contributed by atoms with van der Waals surface area (Å²) in [7, 11) is 0.997. The van der Waals surface area contributed by atoms with Crippen LogP contribution in [0.3, 0.4) is 0 Å². The summed E-state index contributed by atoms with van der Waals surface area (Å²) in [6, 6.07) is 4.56. The van der Waals surface area contributed by atoms with Gasteiger partial charge in [0.05, 0.1) is 29.5 Å². The molecule has 0 saturated carbocycles. The summed E-state index contributed by atoms with van der Waals surface area (Å²) in [5.41, 5.74) is 6.97. The van der Waals surface area contributed by atoms with Gasteiger partial charge in [0.1, 0.15) is 0 Å². The van der Waals surface area contributed by atoms with E-state index in [0.717, 1.165) is 4.31 Å². The van der Waals surface area contributed by atoms with Crippen molar-refractivity contribution in [1.82, 2.24) is 4.31 Å². The fourth-order valence-electron chi connectivity index (χ4n) is 1.84. The number of anilines is 2. The molecule has 0 radical (unpaired) electrons. The van der Waals surface area contributed by atoms with Gasteiger partial charge in [-0.15, -0.1) is 0 Å². The highest BCUT2D eigenvalue weighted by Crippen LogP contribution is 2.27. The van der Waals surface area contributed by atoms with Crippen molar-refractivity contribution in [3.8, 4) is 0 Å². The molecule has 1 aromatic carbocycles. The average molecular weight is 317 g/mol. The smallest absolute Gasteiger partial charge is 0.242 e. The number of aliphatic hydroxyl groups excluding tert-OH is 1. The Hall–Kier alpha value is -1.35. The van der Waals surface area contributed by atoms with Gasteiger partial charge in [0.25, 0.3) is 0 Å². The first-order valence-electron chi connectivity index (χ1n) is 6.51. The first-order chi connectivity index (χ1) is 9.84. The molecule has 0 aliphatic heterocycles. The highest BCUT2D eigenvalue weighted by Gasteiger charge is 2.20. The Morgan fingerprint density at radius 3 is 2.48 bits per heavy atom. The van der Waals surface area contributed by atoms with Crippen LogP contribution in [0.25, 0.3) is 0 Å². The van der Waals surface area contributed by atoms with E-state index in [-0.39, 0.29) is 11.5 Å². The lowest BCUT2D eigenvalue weighted by Gasteiger charge is -2.26. The van der Waals surface area contributed by atoms with Crippen LogP contribution in [0.4, 0.5) is 11.4 Å². The van der Waals surface area contributed by atoms with Gasteiger partial charge in [0.15, 0.2) is 0 Å². The average Bonchev–Trinajstić information content (AvgIpc) is 2.43. The first kappa shape index (κ1) is 17.7. The molecular formula is C13H23N3O4S. The second-order valence-corrected chi connectivity index (χ2v) is 6.86. The minimum atomic E-state index is -3.53. The Labute approximate surface area is 126 Å². The second-order valence-electron chi connectivity index (χ2n) is 4.71. The van der Waals surface area contributed by atoms with Gasteiger partial charge < -0.3 is 20.5 Å². The van der Waals surface area contributed by atoms with Crippen LogP contribution in [0.2, 0.25) is 0 Å². The van der Waals surface area contributed by atoms with Gasteiger partial charge >= 0.3 is 0 Å². The van der Waals surface area contributed by atoms with Crippen LogP contribution >= 0.6 is 0 Å². The number of aliphatic hydroxyl groups is 1. The zero-order valence-corrected chi connectivity index (χ0v) is 13.4. The Morgan fingerprint density at radius 1 is 1.29 bits per heavy atom. The van der Waals surface area contributed by atoms with Gasteiger partial charge in [-0.05, 0) is 18.2 Å². The molecule has 0 spiro atoms. The number of benzene rings is 1. The van der Waals surface area contributed by atoms with Gasteiger partial charge in [-0.2, -0.15) is 0 Å². The standard InChI is InChI=1S/C13H23N3O4S/c1-15(2)21(18,19)11-4-5-12(14)13(10-11)16(6-8-17)7-9-20-3/h4-5,10,17H,6-9,14H2,1-3H3. The molecule has 0 amide bonds. The van der Waals surface area contributed by atoms with Crippen molar-refractivity contribution in [1.29, 1.82) is 0 Å². The number of sulfonamides is 1. The Kier molecular flexibility index (Phi) is 6.41. The van der Waals surface area contributed by atoms with Crippen LogP contribution in [0.15, 0.2) is 23.1 Å². The predicted octanol–water partition coefficient (Wildman–Crippen LogP) is -0.0358. The highest BCUT2D eigenvalue weighted by molar-refractivity contribution is 7.89. The molecule has 0 heterocycles. The molecule has 0 aliphatic carbocycles. The molecule has 0 bridgehead atoms. The molecule has 1 rings (SSSR count). The largest absolute Gasteiger partial charge is 0.397 e. The fraction of sp³-hybridized carbons (Fsp3) is 0.538. The van der Waals surface area contributed by atoms with Crippen LogP contribution < -0.4 is 10.6 Å². The number of ether oxygens (including phenoxy) is 1. The number of hydrogen-bond donors (Lipinski definition) is 2. The van der Waals surface area contributed by atoms with Crippen LogP contribution in [0.1, 0.15) is 0 Å². The lowest BCUT2D eigenvalue weighted by atomic mass is 10.2. The maximum atomic E-state index is 12.2. The van der Waals surface area contributed by atoms with E-state index >= 15 is 0 Å². The van der Waals surface area contributed by atoms with Crippen molar-refractivity contribution in [2.45, 2.75) is 4.90 Å².